The van der Waals surface area contributed by atoms with E-state index < -0.39 is 0 Å². The normalized spacial score (nSPS) is 13.6. The monoisotopic (exact) mass is 98.1 g/mol. The largest absolute Gasteiger partial charge is 0.328 e. The van der Waals surface area contributed by atoms with Crippen molar-refractivity contribution in [2.45, 2.75) is 32.5 Å². The maximum atomic E-state index is 5.55. The van der Waals surface area contributed by atoms with Crippen LogP contribution in [-0.4, -0.2) is 13.3 Å². The predicted molar refractivity (Wildman–Crippen MR) is 34.7 cm³/mol. The average molecular weight is 98.0 g/mol. The van der Waals surface area contributed by atoms with Crippen LogP contribution in [0.1, 0.15) is 13.3 Å². The SMILES string of the molecule is C[B]CC(N)CC. The van der Waals surface area contributed by atoms with Crippen LogP contribution in [0.4, 0.5) is 0 Å². The molecule has 0 saturated heterocycles. The third-order valence-electron chi connectivity index (χ3n) is 1.06. The minimum atomic E-state index is 0.394. The van der Waals surface area contributed by atoms with Gasteiger partial charge in [-0.25, -0.2) is 0 Å². The molecule has 0 rings (SSSR count). The summed E-state index contributed by atoms with van der Waals surface area (Å²) < 4.78 is 0. The molecule has 2 heteroatoms. The number of hydrogen-bond donors (Lipinski definition) is 1. The Kier molecular flexibility index (Phi) is 4.21. The molecule has 0 amide bonds. The molecule has 41 valence electrons. The molecule has 1 nitrogen and oxygen atoms in total. The summed E-state index contributed by atoms with van der Waals surface area (Å²) in [5, 5.41) is 0. The first-order chi connectivity index (χ1) is 3.31. The van der Waals surface area contributed by atoms with Gasteiger partial charge in [0.15, 0.2) is 0 Å². The highest BCUT2D eigenvalue weighted by Crippen LogP contribution is 1.90. The summed E-state index contributed by atoms with van der Waals surface area (Å²) in [7, 11) is 2.11. The summed E-state index contributed by atoms with van der Waals surface area (Å²) in [6.07, 6.45) is 2.14. The van der Waals surface area contributed by atoms with Crippen molar-refractivity contribution in [3.8, 4) is 0 Å². The van der Waals surface area contributed by atoms with Gasteiger partial charge in [-0.05, 0) is 12.5 Å². The summed E-state index contributed by atoms with van der Waals surface area (Å²) >= 11 is 0. The standard InChI is InChI=1S/C5H13BN/c1-3-5(7)4-6-2/h5H,3-4,7H2,1-2H3. The fourth-order valence-corrected chi connectivity index (χ4v) is 0.469. The number of nitrogens with two attached hydrogens (primary N) is 1. The van der Waals surface area contributed by atoms with E-state index in [1.807, 2.05) is 6.82 Å². The van der Waals surface area contributed by atoms with Crippen LogP contribution in [0.25, 0.3) is 0 Å². The van der Waals surface area contributed by atoms with E-state index in [1.54, 1.807) is 0 Å². The molecule has 0 aliphatic heterocycles. The van der Waals surface area contributed by atoms with Crippen LogP contribution in [0, 0.1) is 0 Å². The highest BCUT2D eigenvalue weighted by Gasteiger charge is 1.93. The third-order valence-corrected chi connectivity index (χ3v) is 1.06. The molecule has 2 N–H and O–H groups in total. The van der Waals surface area contributed by atoms with E-state index in [4.69, 9.17) is 5.73 Å². The maximum absolute atomic E-state index is 5.55. The molecular weight excluding hydrogens is 84.9 g/mol. The summed E-state index contributed by atoms with van der Waals surface area (Å²) in [6.45, 7) is 4.14. The van der Waals surface area contributed by atoms with Crippen molar-refractivity contribution < 1.29 is 0 Å². The van der Waals surface area contributed by atoms with Crippen molar-refractivity contribution in [2.24, 2.45) is 5.73 Å². The van der Waals surface area contributed by atoms with Crippen molar-refractivity contribution in [1.82, 2.24) is 0 Å². The van der Waals surface area contributed by atoms with Crippen molar-refractivity contribution in [1.29, 1.82) is 0 Å². The van der Waals surface area contributed by atoms with Gasteiger partial charge in [-0.2, -0.15) is 0 Å². The molecule has 0 aromatic rings. The Morgan fingerprint density at radius 2 is 2.29 bits per heavy atom. The van der Waals surface area contributed by atoms with Gasteiger partial charge < -0.3 is 5.73 Å². The average Bonchev–Trinajstić information content (AvgIpc) is 1.68. The molecule has 0 heterocycles. The zero-order valence-electron chi connectivity index (χ0n) is 5.15. The second-order valence-corrected chi connectivity index (χ2v) is 1.81. The van der Waals surface area contributed by atoms with E-state index in [0.717, 1.165) is 12.7 Å². The van der Waals surface area contributed by atoms with Gasteiger partial charge in [0.25, 0.3) is 0 Å². The quantitative estimate of drug-likeness (QED) is 0.521. The topological polar surface area (TPSA) is 26.0 Å². The van der Waals surface area contributed by atoms with E-state index in [0.29, 0.717) is 6.04 Å². The van der Waals surface area contributed by atoms with Gasteiger partial charge in [0, 0.05) is 0 Å². The van der Waals surface area contributed by atoms with Crippen LogP contribution >= 0.6 is 0 Å². The molecule has 1 radical (unpaired) electrons. The zero-order chi connectivity index (χ0) is 5.70. The summed E-state index contributed by atoms with van der Waals surface area (Å²) in [5.41, 5.74) is 5.55. The van der Waals surface area contributed by atoms with Gasteiger partial charge in [0.2, 0.25) is 0 Å². The molecule has 1 atom stereocenters. The van der Waals surface area contributed by atoms with Crippen LogP contribution in [0.15, 0.2) is 0 Å². The van der Waals surface area contributed by atoms with Crippen LogP contribution in [0.3, 0.4) is 0 Å². The molecule has 0 bridgehead atoms. The second-order valence-electron chi connectivity index (χ2n) is 1.81. The maximum Gasteiger partial charge on any atom is 0.107 e. The first-order valence-corrected chi connectivity index (χ1v) is 2.84. The van der Waals surface area contributed by atoms with Crippen molar-refractivity contribution >= 4 is 7.28 Å². The van der Waals surface area contributed by atoms with Crippen molar-refractivity contribution in [3.05, 3.63) is 0 Å². The second kappa shape index (κ2) is 4.19. The van der Waals surface area contributed by atoms with E-state index in [2.05, 4.69) is 14.2 Å². The van der Waals surface area contributed by atoms with Gasteiger partial charge in [-0.15, -0.1) is 0 Å². The van der Waals surface area contributed by atoms with Gasteiger partial charge >= 0.3 is 0 Å². The van der Waals surface area contributed by atoms with Crippen LogP contribution in [0.5, 0.6) is 0 Å². The van der Waals surface area contributed by atoms with E-state index in [1.165, 1.54) is 0 Å². The Balaban J connectivity index is 2.83. The van der Waals surface area contributed by atoms with Crippen LogP contribution in [0.2, 0.25) is 13.1 Å². The highest BCUT2D eigenvalue weighted by molar-refractivity contribution is 6.33. The molecule has 7 heavy (non-hydrogen) atoms. The third kappa shape index (κ3) is 3.87. The van der Waals surface area contributed by atoms with Gasteiger partial charge in [0.05, 0.1) is 0 Å². The van der Waals surface area contributed by atoms with Crippen LogP contribution in [-0.2, 0) is 0 Å². The first kappa shape index (κ1) is 7.02. The molecule has 0 aromatic carbocycles. The lowest BCUT2D eigenvalue weighted by molar-refractivity contribution is 0.711. The summed E-state index contributed by atoms with van der Waals surface area (Å²) in [4.78, 5) is 0. The first-order valence-electron chi connectivity index (χ1n) is 2.84. The molecule has 0 fully saturated rings. The smallest absolute Gasteiger partial charge is 0.107 e. The fraction of sp³-hybridized carbons (Fsp3) is 1.00. The van der Waals surface area contributed by atoms with E-state index in [9.17, 15) is 0 Å². The van der Waals surface area contributed by atoms with Gasteiger partial charge in [-0.3, -0.25) is 0 Å². The van der Waals surface area contributed by atoms with Crippen molar-refractivity contribution in [2.75, 3.05) is 0 Å². The molecular formula is C5H13BN. The Morgan fingerprint density at radius 1 is 1.71 bits per heavy atom. The van der Waals surface area contributed by atoms with Crippen LogP contribution < -0.4 is 5.73 Å². The molecule has 0 aliphatic rings. The minimum Gasteiger partial charge on any atom is -0.328 e. The van der Waals surface area contributed by atoms with Gasteiger partial charge in [-0.1, -0.05) is 20.1 Å². The van der Waals surface area contributed by atoms with Gasteiger partial charge in [0.1, 0.15) is 7.28 Å². The molecule has 1 unspecified atom stereocenters. The molecule has 0 aromatic heterocycles. The summed E-state index contributed by atoms with van der Waals surface area (Å²) in [6, 6.07) is 0.394. The summed E-state index contributed by atoms with van der Waals surface area (Å²) in [5.74, 6) is 0. The van der Waals surface area contributed by atoms with E-state index >= 15 is 0 Å². The lowest BCUT2D eigenvalue weighted by atomic mass is 9.74. The Bertz CT molecular complexity index is 39.1. The Hall–Kier alpha value is 0.0249. The highest BCUT2D eigenvalue weighted by atomic mass is 14.6. The number of rotatable bonds is 3. The fourth-order valence-electron chi connectivity index (χ4n) is 0.469. The predicted octanol–water partition coefficient (Wildman–Crippen LogP) is 0.894. The molecule has 0 spiro atoms. The zero-order valence-corrected chi connectivity index (χ0v) is 5.15. The van der Waals surface area contributed by atoms with E-state index in [-0.39, 0.29) is 0 Å². The Labute approximate surface area is 46.5 Å². The minimum absolute atomic E-state index is 0.394. The lowest BCUT2D eigenvalue weighted by Gasteiger charge is -2.02. The number of hydrogen-bond acceptors (Lipinski definition) is 1. The molecule has 0 aliphatic carbocycles. The lowest BCUT2D eigenvalue weighted by Crippen LogP contribution is -2.18. The Morgan fingerprint density at radius 3 is 2.43 bits per heavy atom. The van der Waals surface area contributed by atoms with Crippen molar-refractivity contribution in [3.63, 3.8) is 0 Å². The molecule has 0 saturated carbocycles.